The molecule has 104 valence electrons. The summed E-state index contributed by atoms with van der Waals surface area (Å²) in [5.41, 5.74) is 0.548. The first-order valence-corrected chi connectivity index (χ1v) is 6.32. The summed E-state index contributed by atoms with van der Waals surface area (Å²) in [6.45, 7) is 4.82. The molecule has 5 heteroatoms. The van der Waals surface area contributed by atoms with Gasteiger partial charge in [0.15, 0.2) is 0 Å². The van der Waals surface area contributed by atoms with Crippen LogP contribution in [0.15, 0.2) is 24.3 Å². The van der Waals surface area contributed by atoms with Crippen molar-refractivity contribution in [2.45, 2.75) is 13.8 Å². The van der Waals surface area contributed by atoms with Crippen LogP contribution in [0.4, 0.5) is 0 Å². The molecule has 0 heterocycles. The molecule has 19 heavy (non-hydrogen) atoms. The van der Waals surface area contributed by atoms with Crippen molar-refractivity contribution in [3.05, 3.63) is 29.8 Å². The van der Waals surface area contributed by atoms with E-state index >= 15 is 0 Å². The van der Waals surface area contributed by atoms with Gasteiger partial charge in [-0.05, 0) is 38.1 Å². The van der Waals surface area contributed by atoms with Gasteiger partial charge in [-0.15, -0.1) is 0 Å². The van der Waals surface area contributed by atoms with Gasteiger partial charge in [-0.2, -0.15) is 0 Å². The van der Waals surface area contributed by atoms with Gasteiger partial charge in [0.1, 0.15) is 5.75 Å². The number of methoxy groups -OCH3 is 1. The summed E-state index contributed by atoms with van der Waals surface area (Å²) in [6.07, 6.45) is 0. The van der Waals surface area contributed by atoms with Crippen LogP contribution in [0.5, 0.6) is 5.75 Å². The third-order valence-electron chi connectivity index (χ3n) is 2.71. The molecule has 0 spiro atoms. The fraction of sp³-hybridized carbons (Fsp3) is 0.429. The van der Waals surface area contributed by atoms with E-state index in [1.807, 2.05) is 13.8 Å². The average molecular weight is 264 g/mol. The van der Waals surface area contributed by atoms with Crippen molar-refractivity contribution in [1.82, 2.24) is 10.2 Å². The predicted molar refractivity (Wildman–Crippen MR) is 73.3 cm³/mol. The van der Waals surface area contributed by atoms with Crippen molar-refractivity contribution in [1.29, 1.82) is 0 Å². The van der Waals surface area contributed by atoms with Crippen LogP contribution in [-0.4, -0.2) is 43.5 Å². The molecule has 1 aromatic rings. The van der Waals surface area contributed by atoms with E-state index in [4.69, 9.17) is 4.74 Å². The van der Waals surface area contributed by atoms with Gasteiger partial charge in [0, 0.05) is 18.7 Å². The van der Waals surface area contributed by atoms with E-state index in [9.17, 15) is 9.59 Å². The third-order valence-corrected chi connectivity index (χ3v) is 2.71. The maximum Gasteiger partial charge on any atom is 0.254 e. The molecule has 0 bridgehead atoms. The fourth-order valence-corrected chi connectivity index (χ4v) is 1.67. The lowest BCUT2D eigenvalue weighted by atomic mass is 10.2. The number of nitrogens with one attached hydrogen (secondary N) is 1. The maximum absolute atomic E-state index is 12.2. The van der Waals surface area contributed by atoms with Crippen molar-refractivity contribution in [2.75, 3.05) is 26.7 Å². The van der Waals surface area contributed by atoms with Crippen molar-refractivity contribution in [3.8, 4) is 5.75 Å². The molecule has 0 aliphatic heterocycles. The molecule has 2 amide bonds. The Balaban J connectivity index is 2.74. The van der Waals surface area contributed by atoms with Gasteiger partial charge >= 0.3 is 0 Å². The summed E-state index contributed by atoms with van der Waals surface area (Å²) in [6, 6.07) is 6.85. The zero-order valence-electron chi connectivity index (χ0n) is 11.6. The first-order valence-electron chi connectivity index (χ1n) is 6.32. The molecular weight excluding hydrogens is 244 g/mol. The largest absolute Gasteiger partial charge is 0.497 e. The molecule has 0 saturated carbocycles. The van der Waals surface area contributed by atoms with E-state index in [1.165, 1.54) is 4.90 Å². The Hall–Kier alpha value is -2.04. The van der Waals surface area contributed by atoms with Crippen LogP contribution in [0.25, 0.3) is 0 Å². The van der Waals surface area contributed by atoms with Crippen LogP contribution in [0.2, 0.25) is 0 Å². The highest BCUT2D eigenvalue weighted by Crippen LogP contribution is 2.13. The van der Waals surface area contributed by atoms with Crippen LogP contribution in [0.3, 0.4) is 0 Å². The number of ether oxygens (including phenoxy) is 1. The van der Waals surface area contributed by atoms with Gasteiger partial charge in [-0.25, -0.2) is 0 Å². The summed E-state index contributed by atoms with van der Waals surface area (Å²) in [5.74, 6) is 0.394. The van der Waals surface area contributed by atoms with Crippen LogP contribution >= 0.6 is 0 Å². The third kappa shape index (κ3) is 4.28. The number of carbonyl (C=O) groups excluding carboxylic acids is 2. The minimum absolute atomic E-state index is 0.0786. The lowest BCUT2D eigenvalue weighted by Gasteiger charge is -2.20. The SMILES string of the molecule is CCNC(=O)CN(CC)C(=O)c1ccc(OC)cc1. The van der Waals surface area contributed by atoms with Gasteiger partial charge in [0.2, 0.25) is 5.91 Å². The molecule has 0 aliphatic rings. The number of hydrogen-bond donors (Lipinski definition) is 1. The molecule has 0 fully saturated rings. The molecule has 0 atom stereocenters. The molecule has 0 aliphatic carbocycles. The Bertz CT molecular complexity index is 429. The van der Waals surface area contributed by atoms with Crippen molar-refractivity contribution in [2.24, 2.45) is 0 Å². The highest BCUT2D eigenvalue weighted by atomic mass is 16.5. The first-order chi connectivity index (χ1) is 9.12. The minimum atomic E-state index is -0.156. The molecule has 0 radical (unpaired) electrons. The summed E-state index contributed by atoms with van der Waals surface area (Å²) in [7, 11) is 1.57. The second-order valence-corrected chi connectivity index (χ2v) is 4.00. The second-order valence-electron chi connectivity index (χ2n) is 4.00. The van der Waals surface area contributed by atoms with Crippen LogP contribution < -0.4 is 10.1 Å². The Morgan fingerprint density at radius 3 is 2.32 bits per heavy atom. The number of likely N-dealkylation sites (N-methyl/N-ethyl adjacent to an activating group) is 2. The summed E-state index contributed by atoms with van der Waals surface area (Å²) in [4.78, 5) is 25.3. The molecule has 1 aromatic carbocycles. The van der Waals surface area contributed by atoms with Gasteiger partial charge in [0.05, 0.1) is 13.7 Å². The van der Waals surface area contributed by atoms with Crippen LogP contribution in [0.1, 0.15) is 24.2 Å². The quantitative estimate of drug-likeness (QED) is 0.842. The van der Waals surface area contributed by atoms with Gasteiger partial charge in [0.25, 0.3) is 5.91 Å². The fourth-order valence-electron chi connectivity index (χ4n) is 1.67. The van der Waals surface area contributed by atoms with Gasteiger partial charge in [-0.3, -0.25) is 9.59 Å². The van der Waals surface area contributed by atoms with Crippen LogP contribution in [0, 0.1) is 0 Å². The number of amides is 2. The van der Waals surface area contributed by atoms with Crippen LogP contribution in [-0.2, 0) is 4.79 Å². The lowest BCUT2D eigenvalue weighted by molar-refractivity contribution is -0.121. The number of rotatable bonds is 6. The molecule has 1 N–H and O–H groups in total. The number of nitrogens with zero attached hydrogens (tertiary/aromatic N) is 1. The number of benzene rings is 1. The number of hydrogen-bond acceptors (Lipinski definition) is 3. The summed E-state index contributed by atoms with van der Waals surface area (Å²) in [5, 5.41) is 2.68. The van der Waals surface area contributed by atoms with Crippen molar-refractivity contribution < 1.29 is 14.3 Å². The topological polar surface area (TPSA) is 58.6 Å². The van der Waals surface area contributed by atoms with Crippen molar-refractivity contribution in [3.63, 3.8) is 0 Å². The molecule has 0 aromatic heterocycles. The summed E-state index contributed by atoms with van der Waals surface area (Å²) >= 11 is 0. The van der Waals surface area contributed by atoms with E-state index < -0.39 is 0 Å². The van der Waals surface area contributed by atoms with Gasteiger partial charge in [-0.1, -0.05) is 0 Å². The highest BCUT2D eigenvalue weighted by Gasteiger charge is 2.16. The Kier molecular flexibility index (Phi) is 5.85. The molecule has 0 unspecified atom stereocenters. The first kappa shape index (κ1) is 15.0. The maximum atomic E-state index is 12.2. The summed E-state index contributed by atoms with van der Waals surface area (Å²) < 4.78 is 5.04. The Morgan fingerprint density at radius 2 is 1.84 bits per heavy atom. The molecule has 5 nitrogen and oxygen atoms in total. The number of carbonyl (C=O) groups is 2. The standard InChI is InChI=1S/C14H20N2O3/c1-4-15-13(17)10-16(5-2)14(18)11-6-8-12(19-3)9-7-11/h6-9H,4-5,10H2,1-3H3,(H,15,17). The van der Waals surface area contributed by atoms with E-state index in [-0.39, 0.29) is 18.4 Å². The lowest BCUT2D eigenvalue weighted by Crippen LogP contribution is -2.40. The van der Waals surface area contributed by atoms with Gasteiger partial charge < -0.3 is 15.0 Å². The monoisotopic (exact) mass is 264 g/mol. The average Bonchev–Trinajstić information content (AvgIpc) is 2.44. The zero-order chi connectivity index (χ0) is 14.3. The van der Waals surface area contributed by atoms with E-state index in [1.54, 1.807) is 31.4 Å². The highest BCUT2D eigenvalue weighted by molar-refractivity contribution is 5.96. The smallest absolute Gasteiger partial charge is 0.254 e. The second kappa shape index (κ2) is 7.41. The molecular formula is C14H20N2O3. The Morgan fingerprint density at radius 1 is 1.21 bits per heavy atom. The van der Waals surface area contributed by atoms with E-state index in [0.29, 0.717) is 24.4 Å². The predicted octanol–water partition coefficient (Wildman–Crippen LogP) is 1.29. The molecule has 1 rings (SSSR count). The van der Waals surface area contributed by atoms with E-state index in [0.717, 1.165) is 0 Å². The van der Waals surface area contributed by atoms with Crippen molar-refractivity contribution >= 4 is 11.8 Å². The Labute approximate surface area is 113 Å². The van der Waals surface area contributed by atoms with E-state index in [2.05, 4.69) is 5.32 Å². The molecule has 0 saturated heterocycles. The normalized spacial score (nSPS) is 9.84. The zero-order valence-corrected chi connectivity index (χ0v) is 11.6. The minimum Gasteiger partial charge on any atom is -0.497 e.